The second-order valence-corrected chi connectivity index (χ2v) is 5.56. The third kappa shape index (κ3) is 3.12. The van der Waals surface area contributed by atoms with Crippen molar-refractivity contribution in [3.05, 3.63) is 57.9 Å². The lowest BCUT2D eigenvalue weighted by Gasteiger charge is -2.01. The van der Waals surface area contributed by atoms with Crippen LogP contribution in [-0.2, 0) is 14.3 Å². The van der Waals surface area contributed by atoms with Gasteiger partial charge in [0.15, 0.2) is 5.70 Å². The summed E-state index contributed by atoms with van der Waals surface area (Å²) in [5.74, 6) is -0.258. The van der Waals surface area contributed by atoms with Crippen LogP contribution in [0.2, 0.25) is 0 Å². The summed E-state index contributed by atoms with van der Waals surface area (Å²) in [5.41, 5.74) is 1.76. The summed E-state index contributed by atoms with van der Waals surface area (Å²) in [6, 6.07) is 10.8. The first-order valence-electron chi connectivity index (χ1n) is 6.56. The van der Waals surface area contributed by atoms with Crippen LogP contribution in [0.5, 0.6) is 0 Å². The number of aliphatic imine (C=N–C) groups is 1. The van der Waals surface area contributed by atoms with Crippen molar-refractivity contribution >= 4 is 40.9 Å². The quantitative estimate of drug-likeness (QED) is 0.699. The minimum Gasteiger partial charge on any atom is -0.401 e. The molecular weight excluding hydrogens is 300 g/mol. The number of nitrogens with zero attached hydrogens (tertiary/aromatic N) is 1. The first-order chi connectivity index (χ1) is 10.6. The van der Waals surface area contributed by atoms with Crippen LogP contribution >= 0.6 is 11.3 Å². The summed E-state index contributed by atoms with van der Waals surface area (Å²) in [6.45, 7) is 1.45. The van der Waals surface area contributed by atoms with Crippen molar-refractivity contribution in [2.45, 2.75) is 6.92 Å². The van der Waals surface area contributed by atoms with Crippen LogP contribution in [0.15, 0.2) is 52.5 Å². The van der Waals surface area contributed by atoms with Gasteiger partial charge in [-0.1, -0.05) is 18.2 Å². The molecule has 5 nitrogen and oxygen atoms in total. The van der Waals surface area contributed by atoms with Crippen molar-refractivity contribution in [1.29, 1.82) is 0 Å². The van der Waals surface area contributed by atoms with Crippen molar-refractivity contribution in [2.75, 3.05) is 5.32 Å². The number of hydrogen-bond donors (Lipinski definition) is 1. The lowest BCUT2D eigenvalue weighted by atomic mass is 10.2. The number of anilines is 1. The van der Waals surface area contributed by atoms with Gasteiger partial charge in [-0.3, -0.25) is 4.79 Å². The maximum Gasteiger partial charge on any atom is 0.363 e. The molecule has 1 aromatic heterocycles. The van der Waals surface area contributed by atoms with E-state index in [0.29, 0.717) is 11.6 Å². The lowest BCUT2D eigenvalue weighted by molar-refractivity contribution is -0.129. The SMILES string of the molecule is CC(=O)Nc1ccc(C=C2N=C(c3cccs3)OC2=O)cc1. The second kappa shape index (κ2) is 5.95. The Kier molecular flexibility index (Phi) is 3.84. The third-order valence-electron chi connectivity index (χ3n) is 2.89. The number of rotatable bonds is 3. The summed E-state index contributed by atoms with van der Waals surface area (Å²) in [4.78, 5) is 27.8. The van der Waals surface area contributed by atoms with Crippen molar-refractivity contribution in [1.82, 2.24) is 0 Å². The summed E-state index contributed by atoms with van der Waals surface area (Å²) in [5, 5.41) is 4.58. The number of esters is 1. The molecule has 0 unspecified atom stereocenters. The van der Waals surface area contributed by atoms with Gasteiger partial charge in [-0.25, -0.2) is 9.79 Å². The van der Waals surface area contributed by atoms with Crippen LogP contribution in [0.25, 0.3) is 6.08 Å². The molecule has 0 atom stereocenters. The van der Waals surface area contributed by atoms with Crippen LogP contribution in [0, 0.1) is 0 Å². The number of cyclic esters (lactones) is 1. The van der Waals surface area contributed by atoms with Gasteiger partial charge < -0.3 is 10.1 Å². The molecule has 0 fully saturated rings. The highest BCUT2D eigenvalue weighted by Gasteiger charge is 2.24. The molecule has 0 spiro atoms. The minimum absolute atomic E-state index is 0.129. The van der Waals surface area contributed by atoms with E-state index in [4.69, 9.17) is 4.74 Å². The highest BCUT2D eigenvalue weighted by molar-refractivity contribution is 7.12. The standard InChI is InChI=1S/C16H12N2O3S/c1-10(19)17-12-6-4-11(5-7-12)9-13-16(20)21-15(18-13)14-3-2-8-22-14/h2-9H,1H3,(H,17,19). The van der Waals surface area contributed by atoms with Crippen LogP contribution in [0.3, 0.4) is 0 Å². The van der Waals surface area contributed by atoms with Crippen LogP contribution in [0.1, 0.15) is 17.4 Å². The molecular formula is C16H12N2O3S. The number of amides is 1. The molecule has 1 amide bonds. The summed E-state index contributed by atoms with van der Waals surface area (Å²) in [7, 11) is 0. The van der Waals surface area contributed by atoms with Crippen molar-refractivity contribution in [3.63, 3.8) is 0 Å². The molecule has 1 aliphatic heterocycles. The average molecular weight is 312 g/mol. The summed E-state index contributed by atoms with van der Waals surface area (Å²) >= 11 is 1.46. The smallest absolute Gasteiger partial charge is 0.363 e. The molecule has 110 valence electrons. The van der Waals surface area contributed by atoms with Gasteiger partial charge in [0.05, 0.1) is 4.88 Å². The molecule has 0 radical (unpaired) electrons. The third-order valence-corrected chi connectivity index (χ3v) is 3.74. The van der Waals surface area contributed by atoms with E-state index in [1.807, 2.05) is 17.5 Å². The Morgan fingerprint density at radius 2 is 2.05 bits per heavy atom. The molecule has 0 saturated heterocycles. The molecule has 0 saturated carbocycles. The van der Waals surface area contributed by atoms with Gasteiger partial charge in [-0.2, -0.15) is 0 Å². The number of hydrogen-bond acceptors (Lipinski definition) is 5. The fraction of sp³-hybridized carbons (Fsp3) is 0.0625. The van der Waals surface area contributed by atoms with Gasteiger partial charge in [-0.15, -0.1) is 11.3 Å². The van der Waals surface area contributed by atoms with Gasteiger partial charge >= 0.3 is 5.97 Å². The Morgan fingerprint density at radius 1 is 1.27 bits per heavy atom. The highest BCUT2D eigenvalue weighted by atomic mass is 32.1. The summed E-state index contributed by atoms with van der Waals surface area (Å²) in [6.07, 6.45) is 1.65. The molecule has 1 aromatic carbocycles. The molecule has 6 heteroatoms. The van der Waals surface area contributed by atoms with E-state index in [1.165, 1.54) is 18.3 Å². The zero-order valence-corrected chi connectivity index (χ0v) is 12.5. The summed E-state index contributed by atoms with van der Waals surface area (Å²) < 4.78 is 5.16. The van der Waals surface area contributed by atoms with Crippen molar-refractivity contribution in [3.8, 4) is 0 Å². The van der Waals surface area contributed by atoms with E-state index < -0.39 is 5.97 Å². The zero-order valence-electron chi connectivity index (χ0n) is 11.7. The van der Waals surface area contributed by atoms with Gasteiger partial charge in [0.1, 0.15) is 0 Å². The minimum atomic E-state index is -0.464. The number of thiophene rings is 1. The second-order valence-electron chi connectivity index (χ2n) is 4.62. The fourth-order valence-electron chi connectivity index (χ4n) is 1.94. The number of nitrogens with one attached hydrogen (secondary N) is 1. The van der Waals surface area contributed by atoms with E-state index in [2.05, 4.69) is 10.3 Å². The highest BCUT2D eigenvalue weighted by Crippen LogP contribution is 2.22. The molecule has 0 bridgehead atoms. The Labute approximate surface area is 131 Å². The van der Waals surface area contributed by atoms with Crippen LogP contribution in [0.4, 0.5) is 5.69 Å². The molecule has 22 heavy (non-hydrogen) atoms. The largest absolute Gasteiger partial charge is 0.401 e. The van der Waals surface area contributed by atoms with Gasteiger partial charge in [0, 0.05) is 12.6 Å². The lowest BCUT2D eigenvalue weighted by Crippen LogP contribution is -2.05. The molecule has 1 N–H and O–H groups in total. The van der Waals surface area contributed by atoms with Crippen molar-refractivity contribution in [2.24, 2.45) is 4.99 Å². The molecule has 2 aromatic rings. The maximum atomic E-state index is 11.8. The molecule has 0 aliphatic carbocycles. The monoisotopic (exact) mass is 312 g/mol. The van der Waals surface area contributed by atoms with Gasteiger partial charge in [0.25, 0.3) is 0 Å². The van der Waals surface area contributed by atoms with Crippen LogP contribution < -0.4 is 5.32 Å². The first-order valence-corrected chi connectivity index (χ1v) is 7.44. The Balaban J connectivity index is 1.82. The predicted octanol–water partition coefficient (Wildman–Crippen LogP) is 3.05. The van der Waals surface area contributed by atoms with E-state index in [9.17, 15) is 9.59 Å². The normalized spacial score (nSPS) is 15.6. The predicted molar refractivity (Wildman–Crippen MR) is 85.7 cm³/mol. The Bertz CT molecular complexity index is 774. The topological polar surface area (TPSA) is 67.8 Å². The Hall–Kier alpha value is -2.73. The number of carbonyl (C=O) groups excluding carboxylic acids is 2. The fourth-order valence-corrected chi connectivity index (χ4v) is 2.59. The molecule has 2 heterocycles. The van der Waals surface area contributed by atoms with E-state index in [0.717, 1.165) is 10.4 Å². The molecule has 3 rings (SSSR count). The molecule has 1 aliphatic rings. The van der Waals surface area contributed by atoms with Crippen LogP contribution in [-0.4, -0.2) is 17.8 Å². The van der Waals surface area contributed by atoms with Gasteiger partial charge in [0.2, 0.25) is 11.8 Å². The first kappa shape index (κ1) is 14.2. The van der Waals surface area contributed by atoms with E-state index >= 15 is 0 Å². The number of benzene rings is 1. The van der Waals surface area contributed by atoms with E-state index in [-0.39, 0.29) is 11.6 Å². The number of carbonyl (C=O) groups is 2. The average Bonchev–Trinajstić information content (AvgIpc) is 3.11. The van der Waals surface area contributed by atoms with Gasteiger partial charge in [-0.05, 0) is 35.2 Å². The maximum absolute atomic E-state index is 11.8. The van der Waals surface area contributed by atoms with E-state index in [1.54, 1.807) is 30.3 Å². The Morgan fingerprint density at radius 3 is 2.68 bits per heavy atom. The number of ether oxygens (including phenoxy) is 1. The zero-order chi connectivity index (χ0) is 15.5. The van der Waals surface area contributed by atoms with Crippen molar-refractivity contribution < 1.29 is 14.3 Å².